The van der Waals surface area contributed by atoms with Crippen molar-refractivity contribution in [3.05, 3.63) is 167 Å². The van der Waals surface area contributed by atoms with Crippen molar-refractivity contribution in [2.75, 3.05) is 17.7 Å². The van der Waals surface area contributed by atoms with Crippen LogP contribution in [-0.2, 0) is 54.9 Å². The molecule has 2 aliphatic heterocycles. The van der Waals surface area contributed by atoms with Crippen molar-refractivity contribution in [3.63, 3.8) is 0 Å². The van der Waals surface area contributed by atoms with Crippen LogP contribution in [0.25, 0.3) is 56.7 Å². The molecular weight excluding hydrogens is 1220 g/mol. The topological polar surface area (TPSA) is 281 Å². The van der Waals surface area contributed by atoms with Crippen LogP contribution in [0.15, 0.2) is 122 Å². The molecule has 4 amide bonds. The smallest absolute Gasteiger partial charge is 0.870 e. The van der Waals surface area contributed by atoms with Crippen LogP contribution in [0.2, 0.25) is 0 Å². The van der Waals surface area contributed by atoms with Crippen molar-refractivity contribution < 1.29 is 78.7 Å². The third-order valence-electron chi connectivity index (χ3n) is 20.2. The Morgan fingerprint density at radius 3 is 1.33 bits per heavy atom. The van der Waals surface area contributed by atoms with E-state index in [0.717, 1.165) is 147 Å². The fourth-order valence-corrected chi connectivity index (χ4v) is 15.6. The van der Waals surface area contributed by atoms with E-state index in [2.05, 4.69) is 52.3 Å². The number of nitrogens with zero attached hydrogens (tertiary/aromatic N) is 6. The van der Waals surface area contributed by atoms with Gasteiger partial charge in [0.05, 0.1) is 29.9 Å². The average Bonchev–Trinajstić information content (AvgIpc) is 1.59. The number of aliphatic carboxylic acids is 1. The van der Waals surface area contributed by atoms with E-state index in [1.54, 1.807) is 79.4 Å². The van der Waals surface area contributed by atoms with Gasteiger partial charge in [0.2, 0.25) is 11.8 Å². The van der Waals surface area contributed by atoms with Gasteiger partial charge in [0.1, 0.15) is 22.5 Å². The molecule has 0 bridgehead atoms. The average molecular weight is 1310 g/mol. The number of rotatable bonds is 15. The standard InChI is InChI=1S/C38H41N5O5.C37H39N5O4.Na.H2O/c1-47-48-32(44)18-13-25-11-15-28(16-12-25)41-37(46)38(19-5-6-20-38)42-36(45)27-14-17-29-31(24-27)43-23-7-10-30-34(40-22-21-39-30)35(43)33(29)26-8-3-2-4-9-26;43-31(44)17-12-24-10-14-27(15-11-24)40-36(46)37(18-4-5-19-37)41-35(45)26-13-16-28-30(23-26)42-22-6-9-29-33(39-21-20-38-29)34(42)32(28)25-7-2-1-3-8-25;;/h11-18,21-22,24,26H,2-10,19-20,23H2,1H3,(H,41,46)(H,42,45);10-17,20-21,23,25H,1-9,18-19,22H2,(H,40,46)(H,41,45)(H,43,44);;1H2/q;;+1;/p-1/b18-13+;17-12+;;. The van der Waals surface area contributed by atoms with Gasteiger partial charge in [-0.25, -0.2) is 9.59 Å². The second-order valence-electron chi connectivity index (χ2n) is 26.1. The fraction of sp³-hybridized carbons (Fsp3) is 0.387. The third kappa shape index (κ3) is 14.5. The minimum absolute atomic E-state index is 0. The number of carboxylic acids is 1. The van der Waals surface area contributed by atoms with E-state index in [4.69, 9.17) is 25.0 Å². The van der Waals surface area contributed by atoms with E-state index >= 15 is 0 Å². The van der Waals surface area contributed by atoms with Crippen molar-refractivity contribution in [2.45, 2.75) is 177 Å². The predicted octanol–water partition coefficient (Wildman–Crippen LogP) is 10.6. The van der Waals surface area contributed by atoms with Crippen molar-refractivity contribution in [1.82, 2.24) is 39.7 Å². The Balaban J connectivity index is 0.000000191. The summed E-state index contributed by atoms with van der Waals surface area (Å²) in [6, 6.07) is 26.1. The Labute approximate surface area is 580 Å². The molecule has 96 heavy (non-hydrogen) atoms. The summed E-state index contributed by atoms with van der Waals surface area (Å²) in [7, 11) is 1.26. The molecule has 8 aromatic rings. The fourth-order valence-electron chi connectivity index (χ4n) is 15.6. The molecule has 20 nitrogen and oxygen atoms in total. The molecule has 4 saturated carbocycles. The van der Waals surface area contributed by atoms with Crippen molar-refractivity contribution in [1.29, 1.82) is 0 Å². The molecule has 6 aliphatic rings. The number of nitrogens with one attached hydrogen (secondary N) is 4. The number of carboxylic acid groups (broad SMARTS) is 1. The molecule has 0 saturated heterocycles. The van der Waals surface area contributed by atoms with Gasteiger partial charge >= 0.3 is 41.5 Å². The number of aromatic nitrogens is 6. The van der Waals surface area contributed by atoms with E-state index < -0.39 is 23.0 Å². The third-order valence-corrected chi connectivity index (χ3v) is 20.2. The number of benzene rings is 4. The second-order valence-corrected chi connectivity index (χ2v) is 26.1. The maximum atomic E-state index is 14.0. The van der Waals surface area contributed by atoms with Gasteiger partial charge in [-0.3, -0.25) is 44.0 Å². The maximum Gasteiger partial charge on any atom is 1.00 e. The van der Waals surface area contributed by atoms with Crippen LogP contribution >= 0.6 is 0 Å². The number of carbonyl (C=O) groups is 6. The molecule has 0 radical (unpaired) electrons. The van der Waals surface area contributed by atoms with Gasteiger partial charge in [0.25, 0.3) is 11.8 Å². The van der Waals surface area contributed by atoms with E-state index in [1.165, 1.54) is 79.7 Å². The molecule has 4 aromatic carbocycles. The summed E-state index contributed by atoms with van der Waals surface area (Å²) in [6.07, 6.45) is 33.9. The van der Waals surface area contributed by atoms with Crippen LogP contribution in [-0.4, -0.2) is 93.4 Å². The van der Waals surface area contributed by atoms with E-state index in [-0.39, 0.29) is 58.7 Å². The van der Waals surface area contributed by atoms with E-state index in [1.807, 2.05) is 24.3 Å². The first-order valence-corrected chi connectivity index (χ1v) is 33.6. The summed E-state index contributed by atoms with van der Waals surface area (Å²) in [4.78, 5) is 106. The second kappa shape index (κ2) is 30.6. The first kappa shape index (κ1) is 68.7. The summed E-state index contributed by atoms with van der Waals surface area (Å²) in [5.74, 6) is -1.71. The summed E-state index contributed by atoms with van der Waals surface area (Å²) in [5.41, 5.74) is 12.9. The molecule has 0 unspecified atom stereocenters. The van der Waals surface area contributed by atoms with Crippen molar-refractivity contribution in [3.8, 4) is 22.8 Å². The van der Waals surface area contributed by atoms with Gasteiger partial charge in [0, 0.05) is 94.3 Å². The zero-order valence-corrected chi connectivity index (χ0v) is 56.7. The van der Waals surface area contributed by atoms with Crippen LogP contribution < -0.4 is 50.8 Å². The molecule has 6 heterocycles. The molecule has 4 aromatic heterocycles. The zero-order valence-electron chi connectivity index (χ0n) is 54.7. The molecule has 0 atom stereocenters. The Kier molecular flexibility index (Phi) is 21.9. The predicted molar refractivity (Wildman–Crippen MR) is 362 cm³/mol. The van der Waals surface area contributed by atoms with Crippen molar-refractivity contribution >= 4 is 80.9 Å². The Hall–Kier alpha value is -8.66. The van der Waals surface area contributed by atoms with Crippen LogP contribution in [0.5, 0.6) is 0 Å². The minimum atomic E-state index is -1.02. The Bertz CT molecular complexity index is 4250. The first-order valence-electron chi connectivity index (χ1n) is 33.6. The Morgan fingerprint density at radius 1 is 0.521 bits per heavy atom. The largest absolute Gasteiger partial charge is 1.00 e. The molecule has 4 fully saturated rings. The SMILES string of the molecule is COOC(=O)/C=C/c1ccc(NC(=O)C2(NC(=O)c3ccc4c(C5CCCCC5)c5n(c4c3)CCCc3nccnc3-5)CCCC2)cc1.O=C(O)/C=C/c1ccc(NC(=O)C2(NC(=O)c3ccc4c(C5CCCCC5)c5n(c4c3)CCCc3nccnc3-5)CCCC2)cc1.[Na+].[OH-]. The Morgan fingerprint density at radius 2 is 0.927 bits per heavy atom. The summed E-state index contributed by atoms with van der Waals surface area (Å²) in [6.45, 7) is 1.67. The summed E-state index contributed by atoms with van der Waals surface area (Å²) >= 11 is 0. The van der Waals surface area contributed by atoms with Gasteiger partial charge in [0.15, 0.2) is 0 Å². The van der Waals surface area contributed by atoms with E-state index in [9.17, 15) is 28.8 Å². The number of hydrogen-bond donors (Lipinski definition) is 5. The van der Waals surface area contributed by atoms with Crippen LogP contribution in [0.1, 0.15) is 195 Å². The first-order chi connectivity index (χ1) is 45.9. The number of aryl methyl sites for hydroxylation is 4. The number of hydrogen-bond acceptors (Lipinski definition) is 13. The van der Waals surface area contributed by atoms with Gasteiger partial charge in [-0.05, 0) is 172 Å². The zero-order chi connectivity index (χ0) is 64.8. The minimum Gasteiger partial charge on any atom is -0.870 e. The number of carbonyl (C=O) groups excluding carboxylic acids is 5. The summed E-state index contributed by atoms with van der Waals surface area (Å²) < 4.78 is 4.73. The summed E-state index contributed by atoms with van der Waals surface area (Å²) in [5, 5.41) is 23.6. The number of anilines is 2. The molecule has 4 aliphatic carbocycles. The quantitative estimate of drug-likeness (QED) is 0.0276. The molecule has 21 heteroatoms. The van der Waals surface area contributed by atoms with Crippen molar-refractivity contribution in [2.24, 2.45) is 0 Å². The van der Waals surface area contributed by atoms with Crippen LogP contribution in [0.4, 0.5) is 11.4 Å². The normalized spacial score (nSPS) is 17.2. The van der Waals surface area contributed by atoms with Gasteiger partial charge in [-0.15, -0.1) is 0 Å². The van der Waals surface area contributed by atoms with E-state index in [0.29, 0.717) is 65.6 Å². The molecule has 14 rings (SSSR count). The molecule has 0 spiro atoms. The monoisotopic (exact) mass is 1300 g/mol. The van der Waals surface area contributed by atoms with Gasteiger partial charge in [-0.1, -0.05) is 101 Å². The number of fused-ring (bicyclic) bond motifs is 10. The van der Waals surface area contributed by atoms with Gasteiger partial charge < -0.3 is 41.0 Å². The van der Waals surface area contributed by atoms with Gasteiger partial charge in [-0.2, -0.15) is 4.89 Å². The molecular formula is C75H81N10NaO10. The van der Waals surface area contributed by atoms with Crippen LogP contribution in [0.3, 0.4) is 0 Å². The van der Waals surface area contributed by atoms with Crippen LogP contribution in [0, 0.1) is 0 Å². The molecule has 6 N–H and O–H groups in total. The number of amides is 4. The maximum absolute atomic E-state index is 14.0. The molecule has 492 valence electrons.